The van der Waals surface area contributed by atoms with Crippen LogP contribution in [0.4, 0.5) is 0 Å². The lowest BCUT2D eigenvalue weighted by Crippen LogP contribution is -2.51. The summed E-state index contributed by atoms with van der Waals surface area (Å²) in [5.41, 5.74) is 4.58. The van der Waals surface area contributed by atoms with Gasteiger partial charge in [-0.2, -0.15) is 0 Å². The third-order valence-electron chi connectivity index (χ3n) is 3.31. The molecule has 1 aliphatic heterocycles. The van der Waals surface area contributed by atoms with Crippen LogP contribution in [0.1, 0.15) is 18.5 Å². The molecular weight excluding hydrogens is 269 g/mol. The fourth-order valence-electron chi connectivity index (χ4n) is 2.13. The van der Waals surface area contributed by atoms with Gasteiger partial charge in [0.25, 0.3) is 0 Å². The van der Waals surface area contributed by atoms with Crippen LogP contribution in [0.15, 0.2) is 18.2 Å². The number of piperazine rings is 1. The Labute approximate surface area is 119 Å². The van der Waals surface area contributed by atoms with Gasteiger partial charge >= 0.3 is 0 Å². The largest absolute Gasteiger partial charge is 0.304 e. The van der Waals surface area contributed by atoms with E-state index in [0.717, 1.165) is 36.8 Å². The zero-order valence-electron chi connectivity index (χ0n) is 10.8. The van der Waals surface area contributed by atoms with Gasteiger partial charge in [-0.05, 0) is 31.7 Å². The molecule has 18 heavy (non-hydrogen) atoms. The Morgan fingerprint density at radius 2 is 1.83 bits per heavy atom. The molecule has 1 atom stereocenters. The van der Waals surface area contributed by atoms with Crippen molar-refractivity contribution in [2.45, 2.75) is 13.0 Å². The summed E-state index contributed by atoms with van der Waals surface area (Å²) in [5.74, 6) is 0. The van der Waals surface area contributed by atoms with Crippen molar-refractivity contribution in [2.24, 2.45) is 0 Å². The van der Waals surface area contributed by atoms with Gasteiger partial charge in [-0.3, -0.25) is 0 Å². The van der Waals surface area contributed by atoms with E-state index in [2.05, 4.69) is 29.3 Å². The van der Waals surface area contributed by atoms with E-state index < -0.39 is 0 Å². The van der Waals surface area contributed by atoms with Crippen molar-refractivity contribution in [2.75, 3.05) is 33.2 Å². The maximum atomic E-state index is 6.21. The molecule has 2 rings (SSSR count). The second-order valence-electron chi connectivity index (χ2n) is 4.81. The molecule has 100 valence electrons. The number of hydrazine groups is 1. The van der Waals surface area contributed by atoms with Crippen molar-refractivity contribution in [3.63, 3.8) is 0 Å². The molecule has 0 aromatic heterocycles. The van der Waals surface area contributed by atoms with E-state index in [-0.39, 0.29) is 6.04 Å². The summed E-state index contributed by atoms with van der Waals surface area (Å²) in [6, 6.07) is 5.85. The maximum Gasteiger partial charge on any atom is 0.0469 e. The molecule has 0 aliphatic carbocycles. The van der Waals surface area contributed by atoms with Gasteiger partial charge in [0.15, 0.2) is 0 Å². The average molecular weight is 288 g/mol. The Bertz CT molecular complexity index is 403. The van der Waals surface area contributed by atoms with Crippen molar-refractivity contribution in [1.29, 1.82) is 0 Å². The number of nitrogens with one attached hydrogen (secondary N) is 1. The molecule has 0 amide bonds. The molecule has 0 saturated carbocycles. The molecule has 0 bridgehead atoms. The number of hydrogen-bond donors (Lipinski definition) is 1. The van der Waals surface area contributed by atoms with Crippen LogP contribution >= 0.6 is 23.2 Å². The lowest BCUT2D eigenvalue weighted by molar-refractivity contribution is 0.0899. The van der Waals surface area contributed by atoms with Gasteiger partial charge in [-0.25, -0.2) is 10.4 Å². The van der Waals surface area contributed by atoms with Gasteiger partial charge < -0.3 is 4.90 Å². The predicted molar refractivity (Wildman–Crippen MR) is 77.1 cm³/mol. The van der Waals surface area contributed by atoms with E-state index in [1.54, 1.807) is 6.07 Å². The highest BCUT2D eigenvalue weighted by Crippen LogP contribution is 2.26. The van der Waals surface area contributed by atoms with Crippen LogP contribution < -0.4 is 5.43 Å². The molecule has 1 saturated heterocycles. The van der Waals surface area contributed by atoms with Crippen molar-refractivity contribution in [1.82, 2.24) is 15.3 Å². The Kier molecular flexibility index (Phi) is 4.87. The average Bonchev–Trinajstić information content (AvgIpc) is 2.32. The number of halogens is 2. The van der Waals surface area contributed by atoms with Gasteiger partial charge in [-0.1, -0.05) is 29.3 Å². The minimum Gasteiger partial charge on any atom is -0.304 e. The molecule has 1 N–H and O–H groups in total. The summed E-state index contributed by atoms with van der Waals surface area (Å²) in [6.45, 7) is 6.37. The van der Waals surface area contributed by atoms with Crippen LogP contribution in [0.25, 0.3) is 0 Å². The van der Waals surface area contributed by atoms with E-state index >= 15 is 0 Å². The molecular formula is C13H19Cl2N3. The first-order chi connectivity index (χ1) is 8.56. The molecule has 1 aliphatic rings. The van der Waals surface area contributed by atoms with Crippen LogP contribution in [0.3, 0.4) is 0 Å². The van der Waals surface area contributed by atoms with E-state index in [4.69, 9.17) is 23.2 Å². The number of hydrogen-bond acceptors (Lipinski definition) is 3. The number of rotatable bonds is 3. The monoisotopic (exact) mass is 287 g/mol. The maximum absolute atomic E-state index is 6.21. The summed E-state index contributed by atoms with van der Waals surface area (Å²) >= 11 is 12.1. The molecule has 1 fully saturated rings. The van der Waals surface area contributed by atoms with Gasteiger partial charge in [0.05, 0.1) is 0 Å². The fourth-order valence-corrected chi connectivity index (χ4v) is 2.70. The minimum absolute atomic E-state index is 0.193. The van der Waals surface area contributed by atoms with Gasteiger partial charge in [0, 0.05) is 42.3 Å². The van der Waals surface area contributed by atoms with Gasteiger partial charge in [0.2, 0.25) is 0 Å². The zero-order chi connectivity index (χ0) is 13.1. The first kappa shape index (κ1) is 14.1. The summed E-state index contributed by atoms with van der Waals surface area (Å²) in [5, 5.41) is 3.66. The zero-order valence-corrected chi connectivity index (χ0v) is 12.3. The van der Waals surface area contributed by atoms with E-state index in [1.807, 2.05) is 12.1 Å². The smallest absolute Gasteiger partial charge is 0.0469 e. The second kappa shape index (κ2) is 6.22. The predicted octanol–water partition coefficient (Wildman–Crippen LogP) is 2.81. The molecule has 3 nitrogen and oxygen atoms in total. The topological polar surface area (TPSA) is 18.5 Å². The lowest BCUT2D eigenvalue weighted by atomic mass is 10.1. The third-order valence-corrected chi connectivity index (χ3v) is 3.87. The Morgan fingerprint density at radius 3 is 2.44 bits per heavy atom. The molecule has 1 heterocycles. The Hall–Kier alpha value is -0.320. The van der Waals surface area contributed by atoms with E-state index in [1.165, 1.54) is 0 Å². The van der Waals surface area contributed by atoms with Crippen LogP contribution in [0, 0.1) is 0 Å². The number of benzene rings is 1. The standard InChI is InChI=1S/C13H19Cl2N3/c1-10(12-4-3-11(14)9-13(12)15)16-18-7-5-17(2)6-8-18/h3-4,9-10,16H,5-8H2,1-2H3. The first-order valence-corrected chi connectivity index (χ1v) is 6.96. The van der Waals surface area contributed by atoms with E-state index in [9.17, 15) is 0 Å². The number of nitrogens with zero attached hydrogens (tertiary/aromatic N) is 2. The van der Waals surface area contributed by atoms with Gasteiger partial charge in [0.1, 0.15) is 0 Å². The molecule has 1 aromatic carbocycles. The van der Waals surface area contributed by atoms with Crippen LogP contribution in [-0.4, -0.2) is 43.1 Å². The quantitative estimate of drug-likeness (QED) is 0.922. The molecule has 0 radical (unpaired) electrons. The SMILES string of the molecule is CC(NN1CCN(C)CC1)c1ccc(Cl)cc1Cl. The minimum atomic E-state index is 0.193. The highest BCUT2D eigenvalue weighted by atomic mass is 35.5. The molecule has 1 aromatic rings. The van der Waals surface area contributed by atoms with Crippen LogP contribution in [-0.2, 0) is 0 Å². The van der Waals surface area contributed by atoms with E-state index in [0.29, 0.717) is 5.02 Å². The van der Waals surface area contributed by atoms with Gasteiger partial charge in [-0.15, -0.1) is 0 Å². The fraction of sp³-hybridized carbons (Fsp3) is 0.538. The summed E-state index contributed by atoms with van der Waals surface area (Å²) < 4.78 is 0. The van der Waals surface area contributed by atoms with Crippen molar-refractivity contribution >= 4 is 23.2 Å². The Balaban J connectivity index is 1.97. The summed E-state index contributed by atoms with van der Waals surface area (Å²) in [7, 11) is 2.15. The Morgan fingerprint density at radius 1 is 1.17 bits per heavy atom. The third kappa shape index (κ3) is 3.59. The molecule has 1 unspecified atom stereocenters. The van der Waals surface area contributed by atoms with Crippen molar-refractivity contribution < 1.29 is 0 Å². The van der Waals surface area contributed by atoms with Crippen LogP contribution in [0.5, 0.6) is 0 Å². The highest BCUT2D eigenvalue weighted by Gasteiger charge is 2.17. The normalized spacial score (nSPS) is 20.0. The second-order valence-corrected chi connectivity index (χ2v) is 5.65. The molecule has 5 heteroatoms. The van der Waals surface area contributed by atoms with Crippen LogP contribution in [0.2, 0.25) is 10.0 Å². The highest BCUT2D eigenvalue weighted by molar-refractivity contribution is 6.35. The first-order valence-electron chi connectivity index (χ1n) is 6.21. The summed E-state index contributed by atoms with van der Waals surface area (Å²) in [6.07, 6.45) is 0. The lowest BCUT2D eigenvalue weighted by Gasteiger charge is -2.34. The van der Waals surface area contributed by atoms with Crippen molar-refractivity contribution in [3.05, 3.63) is 33.8 Å². The number of likely N-dealkylation sites (N-methyl/N-ethyl adjacent to an activating group) is 1. The summed E-state index contributed by atoms with van der Waals surface area (Å²) in [4.78, 5) is 2.33. The molecule has 0 spiro atoms. The van der Waals surface area contributed by atoms with Crippen molar-refractivity contribution in [3.8, 4) is 0 Å².